The summed E-state index contributed by atoms with van der Waals surface area (Å²) in [5.74, 6) is 0.588. The zero-order chi connectivity index (χ0) is 20.2. The average molecular weight is 431 g/mol. The van der Waals surface area contributed by atoms with E-state index in [-0.39, 0.29) is 17.6 Å². The Balaban J connectivity index is 1.30. The largest absolute Gasteiger partial charge is 0.357 e. The number of pyridine rings is 1. The van der Waals surface area contributed by atoms with E-state index < -0.39 is 0 Å². The molecule has 0 radical (unpaired) electrons. The summed E-state index contributed by atoms with van der Waals surface area (Å²) in [7, 11) is 0. The lowest BCUT2D eigenvalue weighted by Gasteiger charge is -2.31. The van der Waals surface area contributed by atoms with Gasteiger partial charge in [-0.05, 0) is 42.7 Å². The van der Waals surface area contributed by atoms with Crippen LogP contribution in [-0.4, -0.2) is 29.0 Å². The molecule has 8 heteroatoms. The zero-order valence-electron chi connectivity index (χ0n) is 15.6. The number of nitrogens with one attached hydrogen (secondary N) is 1. The predicted molar refractivity (Wildman–Crippen MR) is 114 cm³/mol. The van der Waals surface area contributed by atoms with Crippen molar-refractivity contribution in [3.05, 3.63) is 70.1 Å². The summed E-state index contributed by atoms with van der Waals surface area (Å²) < 4.78 is 13.3. The topological polar surface area (TPSA) is 58.1 Å². The van der Waals surface area contributed by atoms with Crippen LogP contribution >= 0.6 is 22.9 Å². The van der Waals surface area contributed by atoms with Gasteiger partial charge in [0.05, 0.1) is 5.02 Å². The highest BCUT2D eigenvalue weighted by molar-refractivity contribution is 7.15. The first-order valence-electron chi connectivity index (χ1n) is 9.43. The molecular weight excluding hydrogens is 411 g/mol. The fourth-order valence-electron chi connectivity index (χ4n) is 3.43. The molecule has 2 aromatic heterocycles. The fraction of sp³-hybridized carbons (Fsp3) is 0.286. The van der Waals surface area contributed by atoms with Crippen LogP contribution in [0.2, 0.25) is 5.02 Å². The van der Waals surface area contributed by atoms with Gasteiger partial charge in [-0.15, -0.1) is 11.3 Å². The quantitative estimate of drug-likeness (QED) is 0.633. The fourth-order valence-corrected chi connectivity index (χ4v) is 4.39. The van der Waals surface area contributed by atoms with Crippen LogP contribution < -0.4 is 10.2 Å². The molecule has 1 saturated heterocycles. The van der Waals surface area contributed by atoms with Crippen molar-refractivity contribution in [3.8, 4) is 0 Å². The number of nitrogens with zero attached hydrogens (tertiary/aromatic N) is 3. The monoisotopic (exact) mass is 430 g/mol. The molecule has 1 amide bonds. The molecule has 0 atom stereocenters. The minimum absolute atomic E-state index is 0.000343. The van der Waals surface area contributed by atoms with Crippen molar-refractivity contribution < 1.29 is 9.18 Å². The second-order valence-electron chi connectivity index (χ2n) is 7.02. The number of carbonyl (C=O) groups excluding carboxylic acids is 1. The molecule has 1 fully saturated rings. The highest BCUT2D eigenvalue weighted by Crippen LogP contribution is 2.26. The molecule has 3 heterocycles. The molecule has 5 nitrogen and oxygen atoms in total. The van der Waals surface area contributed by atoms with Crippen LogP contribution in [0.3, 0.4) is 0 Å². The second kappa shape index (κ2) is 8.88. The van der Waals surface area contributed by atoms with E-state index in [9.17, 15) is 9.18 Å². The molecule has 1 N–H and O–H groups in total. The Morgan fingerprint density at radius 3 is 2.76 bits per heavy atom. The first kappa shape index (κ1) is 19.8. The number of anilines is 2. The lowest BCUT2D eigenvalue weighted by Crippen LogP contribution is -2.38. The number of carbonyl (C=O) groups is 1. The van der Waals surface area contributed by atoms with Crippen molar-refractivity contribution in [1.82, 2.24) is 9.97 Å². The van der Waals surface area contributed by atoms with Gasteiger partial charge in [0, 0.05) is 42.7 Å². The minimum Gasteiger partial charge on any atom is -0.357 e. The highest BCUT2D eigenvalue weighted by Gasteiger charge is 2.26. The number of hydrogen-bond acceptors (Lipinski definition) is 5. The van der Waals surface area contributed by atoms with E-state index >= 15 is 0 Å². The summed E-state index contributed by atoms with van der Waals surface area (Å²) in [6, 6.07) is 10.2. The third-order valence-electron chi connectivity index (χ3n) is 4.95. The summed E-state index contributed by atoms with van der Waals surface area (Å²) in [5.41, 5.74) is 0.884. The molecular formula is C21H20ClFN4OS. The van der Waals surface area contributed by atoms with E-state index in [1.54, 1.807) is 18.5 Å². The Morgan fingerprint density at radius 1 is 1.21 bits per heavy atom. The average Bonchev–Trinajstić information content (AvgIpc) is 3.15. The lowest BCUT2D eigenvalue weighted by molar-refractivity contribution is -0.120. The van der Waals surface area contributed by atoms with Crippen molar-refractivity contribution in [2.45, 2.75) is 19.3 Å². The van der Waals surface area contributed by atoms with Crippen LogP contribution in [0, 0.1) is 11.7 Å². The van der Waals surface area contributed by atoms with Crippen LogP contribution in [0.1, 0.15) is 23.3 Å². The maximum absolute atomic E-state index is 13.3. The van der Waals surface area contributed by atoms with E-state index in [1.165, 1.54) is 23.5 Å². The number of benzene rings is 1. The number of aromatic nitrogens is 2. The van der Waals surface area contributed by atoms with Gasteiger partial charge < -0.3 is 10.2 Å². The van der Waals surface area contributed by atoms with Crippen molar-refractivity contribution in [2.24, 2.45) is 5.92 Å². The van der Waals surface area contributed by atoms with Gasteiger partial charge >= 0.3 is 0 Å². The molecule has 4 rings (SSSR count). The van der Waals surface area contributed by atoms with Gasteiger partial charge in [0.25, 0.3) is 0 Å². The third kappa shape index (κ3) is 5.10. The molecule has 3 aromatic rings. The molecule has 1 aliphatic heterocycles. The molecule has 150 valence electrons. The Hall–Kier alpha value is -2.51. The van der Waals surface area contributed by atoms with Gasteiger partial charge in [-0.3, -0.25) is 4.79 Å². The number of piperidine rings is 1. The molecule has 0 aliphatic carbocycles. The summed E-state index contributed by atoms with van der Waals surface area (Å²) in [5, 5.41) is 4.13. The van der Waals surface area contributed by atoms with Gasteiger partial charge in [-0.25, -0.2) is 14.4 Å². The minimum atomic E-state index is -0.249. The number of halogens is 2. The standard InChI is InChI=1S/C21H20ClFN4OS/c22-16-4-5-19(24-12-16)27-8-6-15(7-9-27)20(28)26-21-25-13-18(29-21)11-14-2-1-3-17(23)10-14/h1-5,10,12-13,15H,6-9,11H2,(H,25,26,28). The van der Waals surface area contributed by atoms with E-state index in [0.29, 0.717) is 16.6 Å². The Kier molecular flexibility index (Phi) is 6.06. The van der Waals surface area contributed by atoms with Crippen LogP contribution in [0.5, 0.6) is 0 Å². The smallest absolute Gasteiger partial charge is 0.229 e. The van der Waals surface area contributed by atoms with Crippen LogP contribution in [-0.2, 0) is 11.2 Å². The summed E-state index contributed by atoms with van der Waals surface area (Å²) in [6.07, 6.45) is 5.49. The highest BCUT2D eigenvalue weighted by atomic mass is 35.5. The maximum atomic E-state index is 13.3. The van der Waals surface area contributed by atoms with E-state index in [0.717, 1.165) is 42.2 Å². The van der Waals surface area contributed by atoms with Crippen LogP contribution in [0.4, 0.5) is 15.3 Å². The molecule has 0 bridgehead atoms. The van der Waals surface area contributed by atoms with Crippen LogP contribution in [0.25, 0.3) is 0 Å². The van der Waals surface area contributed by atoms with Crippen molar-refractivity contribution >= 4 is 39.8 Å². The van der Waals surface area contributed by atoms with E-state index in [4.69, 9.17) is 11.6 Å². The predicted octanol–water partition coefficient (Wildman–Crippen LogP) is 4.78. The third-order valence-corrected chi connectivity index (χ3v) is 6.09. The Bertz CT molecular complexity index is 986. The number of rotatable bonds is 5. The number of amides is 1. The van der Waals surface area contributed by atoms with Crippen molar-refractivity contribution in [1.29, 1.82) is 0 Å². The van der Waals surface area contributed by atoms with Gasteiger partial charge in [0.2, 0.25) is 5.91 Å². The number of hydrogen-bond donors (Lipinski definition) is 1. The number of thiazole rings is 1. The molecule has 0 unspecified atom stereocenters. The van der Waals surface area contributed by atoms with Crippen molar-refractivity contribution in [3.63, 3.8) is 0 Å². The van der Waals surface area contributed by atoms with Gasteiger partial charge in [-0.1, -0.05) is 23.7 Å². The second-order valence-corrected chi connectivity index (χ2v) is 8.58. The van der Waals surface area contributed by atoms with E-state index in [2.05, 4.69) is 20.2 Å². The summed E-state index contributed by atoms with van der Waals surface area (Å²) >= 11 is 7.32. The van der Waals surface area contributed by atoms with Gasteiger partial charge in [0.15, 0.2) is 5.13 Å². The zero-order valence-corrected chi connectivity index (χ0v) is 17.2. The van der Waals surface area contributed by atoms with E-state index in [1.807, 2.05) is 18.2 Å². The van der Waals surface area contributed by atoms with Crippen LogP contribution in [0.15, 0.2) is 48.8 Å². The molecule has 0 saturated carbocycles. The molecule has 1 aromatic carbocycles. The van der Waals surface area contributed by atoms with Crippen molar-refractivity contribution in [2.75, 3.05) is 23.3 Å². The first-order valence-corrected chi connectivity index (χ1v) is 10.6. The maximum Gasteiger partial charge on any atom is 0.229 e. The SMILES string of the molecule is O=C(Nc1ncc(Cc2cccc(F)c2)s1)C1CCN(c2ccc(Cl)cn2)CC1. The normalized spacial score (nSPS) is 14.8. The molecule has 1 aliphatic rings. The molecule has 0 spiro atoms. The summed E-state index contributed by atoms with van der Waals surface area (Å²) in [4.78, 5) is 24.4. The molecule has 29 heavy (non-hydrogen) atoms. The van der Waals surface area contributed by atoms with Gasteiger partial charge in [-0.2, -0.15) is 0 Å². The summed E-state index contributed by atoms with van der Waals surface area (Å²) in [6.45, 7) is 1.55. The van der Waals surface area contributed by atoms with Gasteiger partial charge in [0.1, 0.15) is 11.6 Å². The lowest BCUT2D eigenvalue weighted by atomic mass is 9.96. The first-order chi connectivity index (χ1) is 14.1. The Morgan fingerprint density at radius 2 is 2.03 bits per heavy atom. The Labute approximate surface area is 177 Å².